The van der Waals surface area contributed by atoms with Gasteiger partial charge in [-0.3, -0.25) is 19.7 Å². The molecule has 0 saturated carbocycles. The first-order valence-electron chi connectivity index (χ1n) is 7.00. The van der Waals surface area contributed by atoms with Gasteiger partial charge in [-0.05, 0) is 19.9 Å². The average Bonchev–Trinajstić information content (AvgIpc) is 2.51. The van der Waals surface area contributed by atoms with Crippen LogP contribution in [0.3, 0.4) is 0 Å². The molecule has 2 amide bonds. The minimum absolute atomic E-state index is 0.0405. The van der Waals surface area contributed by atoms with E-state index in [9.17, 15) is 19.7 Å². The van der Waals surface area contributed by atoms with Crippen LogP contribution in [0.1, 0.15) is 13.8 Å². The summed E-state index contributed by atoms with van der Waals surface area (Å²) in [5, 5.41) is 13.3. The van der Waals surface area contributed by atoms with Gasteiger partial charge in [-0.25, -0.2) is 0 Å². The lowest BCUT2D eigenvalue weighted by atomic mass is 10.3. The number of hydrogen-bond donors (Lipinski definition) is 1. The number of rotatable bonds is 8. The maximum atomic E-state index is 12.0. The molecule has 0 bridgehead atoms. The summed E-state index contributed by atoms with van der Waals surface area (Å²) < 4.78 is 5.28. The van der Waals surface area contributed by atoms with E-state index >= 15 is 0 Å². The average molecular weight is 344 g/mol. The summed E-state index contributed by atoms with van der Waals surface area (Å²) in [6, 6.07) is 3.71. The molecule has 23 heavy (non-hydrogen) atoms. The molecule has 1 rings (SSSR count). The van der Waals surface area contributed by atoms with Crippen LogP contribution in [0.25, 0.3) is 0 Å². The van der Waals surface area contributed by atoms with Crippen molar-refractivity contribution in [1.82, 2.24) is 10.2 Å². The number of benzene rings is 1. The van der Waals surface area contributed by atoms with Crippen molar-refractivity contribution < 1.29 is 19.2 Å². The van der Waals surface area contributed by atoms with Crippen LogP contribution >= 0.6 is 11.6 Å². The largest absolute Gasteiger partial charge is 0.482 e. The van der Waals surface area contributed by atoms with Crippen LogP contribution in [0.15, 0.2) is 18.2 Å². The first kappa shape index (κ1) is 18.7. The van der Waals surface area contributed by atoms with Crippen LogP contribution in [0.5, 0.6) is 5.75 Å². The fourth-order valence-corrected chi connectivity index (χ4v) is 1.98. The first-order valence-corrected chi connectivity index (χ1v) is 7.38. The number of nitrogens with one attached hydrogen (secondary N) is 1. The highest BCUT2D eigenvalue weighted by Crippen LogP contribution is 2.28. The van der Waals surface area contributed by atoms with Crippen molar-refractivity contribution >= 4 is 29.1 Å². The normalized spacial score (nSPS) is 10.0. The molecular formula is C14H18ClN3O5. The van der Waals surface area contributed by atoms with Gasteiger partial charge in [-0.2, -0.15) is 0 Å². The van der Waals surface area contributed by atoms with E-state index in [0.29, 0.717) is 13.1 Å². The summed E-state index contributed by atoms with van der Waals surface area (Å²) in [5.41, 5.74) is -0.167. The minimum Gasteiger partial charge on any atom is -0.482 e. The van der Waals surface area contributed by atoms with Crippen LogP contribution < -0.4 is 10.1 Å². The van der Waals surface area contributed by atoms with Crippen LogP contribution in [0.2, 0.25) is 5.02 Å². The molecule has 0 saturated heterocycles. The smallest absolute Gasteiger partial charge is 0.271 e. The molecule has 0 aromatic heterocycles. The molecule has 0 aliphatic rings. The number of ether oxygens (including phenoxy) is 1. The van der Waals surface area contributed by atoms with Gasteiger partial charge in [0.05, 0.1) is 16.5 Å². The number of likely N-dealkylation sites (N-methyl/N-ethyl adjacent to an activating group) is 2. The third-order valence-corrected chi connectivity index (χ3v) is 3.22. The lowest BCUT2D eigenvalue weighted by Gasteiger charge is -2.20. The molecular weight excluding hydrogens is 326 g/mol. The zero-order valence-corrected chi connectivity index (χ0v) is 13.6. The maximum Gasteiger partial charge on any atom is 0.271 e. The van der Waals surface area contributed by atoms with E-state index in [-0.39, 0.29) is 41.4 Å². The number of nitrogens with zero attached hydrogens (tertiary/aromatic N) is 2. The van der Waals surface area contributed by atoms with Crippen LogP contribution in [-0.2, 0) is 9.59 Å². The van der Waals surface area contributed by atoms with Crippen molar-refractivity contribution in [3.05, 3.63) is 33.3 Å². The van der Waals surface area contributed by atoms with Gasteiger partial charge < -0.3 is 15.0 Å². The van der Waals surface area contributed by atoms with Gasteiger partial charge in [0.15, 0.2) is 6.61 Å². The maximum absolute atomic E-state index is 12.0. The first-order chi connectivity index (χ1) is 10.9. The Morgan fingerprint density at radius 3 is 2.61 bits per heavy atom. The van der Waals surface area contributed by atoms with Gasteiger partial charge in [-0.1, -0.05) is 11.6 Å². The molecule has 0 fully saturated rings. The molecule has 1 aromatic carbocycles. The molecule has 9 heteroatoms. The van der Waals surface area contributed by atoms with Gasteiger partial charge in [0, 0.05) is 25.2 Å². The SMILES string of the molecule is CCNC(=O)CN(CC)C(=O)COc1ccc([N+](=O)[O-])cc1Cl. The molecule has 8 nitrogen and oxygen atoms in total. The van der Waals surface area contributed by atoms with Crippen molar-refractivity contribution in [2.45, 2.75) is 13.8 Å². The molecule has 126 valence electrons. The number of nitro groups is 1. The Morgan fingerprint density at radius 2 is 2.09 bits per heavy atom. The van der Waals surface area contributed by atoms with Crippen molar-refractivity contribution in [1.29, 1.82) is 0 Å². The van der Waals surface area contributed by atoms with Crippen LogP contribution in [0, 0.1) is 10.1 Å². The quantitative estimate of drug-likeness (QED) is 0.570. The third kappa shape index (κ3) is 5.74. The molecule has 0 aliphatic carbocycles. The van der Waals surface area contributed by atoms with Gasteiger partial charge >= 0.3 is 0 Å². The topological polar surface area (TPSA) is 102 Å². The van der Waals surface area contributed by atoms with Gasteiger partial charge in [0.2, 0.25) is 5.91 Å². The third-order valence-electron chi connectivity index (χ3n) is 2.92. The lowest BCUT2D eigenvalue weighted by Crippen LogP contribution is -2.42. The number of nitro benzene ring substituents is 1. The van der Waals surface area contributed by atoms with Crippen molar-refractivity contribution in [2.75, 3.05) is 26.2 Å². The second-order valence-electron chi connectivity index (χ2n) is 4.52. The second-order valence-corrected chi connectivity index (χ2v) is 4.93. The Hall–Kier alpha value is -2.35. The number of non-ortho nitro benzene ring substituents is 1. The Labute approximate surface area is 138 Å². The van der Waals surface area contributed by atoms with E-state index in [4.69, 9.17) is 16.3 Å². The minimum atomic E-state index is -0.577. The zero-order chi connectivity index (χ0) is 17.4. The highest BCUT2D eigenvalue weighted by atomic mass is 35.5. The van der Waals surface area contributed by atoms with E-state index in [1.165, 1.54) is 17.0 Å². The van der Waals surface area contributed by atoms with E-state index in [0.717, 1.165) is 6.07 Å². The van der Waals surface area contributed by atoms with Crippen LogP contribution in [-0.4, -0.2) is 47.9 Å². The Kier molecular flexibility index (Phi) is 7.27. The number of hydrogen-bond acceptors (Lipinski definition) is 5. The highest BCUT2D eigenvalue weighted by molar-refractivity contribution is 6.32. The summed E-state index contributed by atoms with van der Waals surface area (Å²) in [6.45, 7) is 4.00. The highest BCUT2D eigenvalue weighted by Gasteiger charge is 2.17. The molecule has 0 heterocycles. The number of carbonyl (C=O) groups is 2. The standard InChI is InChI=1S/C14H18ClN3O5/c1-3-16-13(19)8-17(4-2)14(20)9-23-12-6-5-10(18(21)22)7-11(12)15/h5-7H,3-4,8-9H2,1-2H3,(H,16,19). The molecule has 0 atom stereocenters. The van der Waals surface area contributed by atoms with E-state index in [2.05, 4.69) is 5.32 Å². The number of amides is 2. The molecule has 0 aliphatic heterocycles. The number of carbonyl (C=O) groups excluding carboxylic acids is 2. The van der Waals surface area contributed by atoms with E-state index in [1.54, 1.807) is 13.8 Å². The Morgan fingerprint density at radius 1 is 1.39 bits per heavy atom. The van der Waals surface area contributed by atoms with Gasteiger partial charge in [0.1, 0.15) is 5.75 Å². The van der Waals surface area contributed by atoms with Crippen molar-refractivity contribution in [3.63, 3.8) is 0 Å². The molecule has 1 aromatic rings. The predicted molar refractivity (Wildman–Crippen MR) is 84.5 cm³/mol. The zero-order valence-electron chi connectivity index (χ0n) is 12.9. The van der Waals surface area contributed by atoms with Crippen molar-refractivity contribution in [2.24, 2.45) is 0 Å². The monoisotopic (exact) mass is 343 g/mol. The van der Waals surface area contributed by atoms with Gasteiger partial charge in [-0.15, -0.1) is 0 Å². The fraction of sp³-hybridized carbons (Fsp3) is 0.429. The summed E-state index contributed by atoms with van der Waals surface area (Å²) in [6.07, 6.45) is 0. The second kappa shape index (κ2) is 8.94. The number of halogens is 1. The molecule has 1 N–H and O–H groups in total. The van der Waals surface area contributed by atoms with Crippen molar-refractivity contribution in [3.8, 4) is 5.75 Å². The summed E-state index contributed by atoms with van der Waals surface area (Å²) in [7, 11) is 0. The Bertz CT molecular complexity index is 594. The molecule has 0 radical (unpaired) electrons. The fourth-order valence-electron chi connectivity index (χ4n) is 1.75. The molecule has 0 spiro atoms. The summed E-state index contributed by atoms with van der Waals surface area (Å²) in [5.74, 6) is -0.469. The lowest BCUT2D eigenvalue weighted by molar-refractivity contribution is -0.384. The summed E-state index contributed by atoms with van der Waals surface area (Å²) in [4.78, 5) is 34.9. The molecule has 0 unspecified atom stereocenters. The van der Waals surface area contributed by atoms with E-state index in [1.807, 2.05) is 0 Å². The Balaban J connectivity index is 2.64. The van der Waals surface area contributed by atoms with Gasteiger partial charge in [0.25, 0.3) is 11.6 Å². The summed E-state index contributed by atoms with van der Waals surface area (Å²) >= 11 is 5.88. The predicted octanol–water partition coefficient (Wildman–Crippen LogP) is 1.61. The van der Waals surface area contributed by atoms with Crippen LogP contribution in [0.4, 0.5) is 5.69 Å². The van der Waals surface area contributed by atoms with E-state index < -0.39 is 4.92 Å².